The Balaban J connectivity index is 2.50. The van der Waals surface area contributed by atoms with Gasteiger partial charge < -0.3 is 5.32 Å². The second-order valence-electron chi connectivity index (χ2n) is 3.07. The van der Waals surface area contributed by atoms with Gasteiger partial charge in [-0.15, -0.1) is 11.8 Å². The van der Waals surface area contributed by atoms with E-state index in [4.69, 9.17) is 0 Å². The lowest BCUT2D eigenvalue weighted by Gasteiger charge is -2.17. The highest BCUT2D eigenvalue weighted by Crippen LogP contribution is 2.22. The third kappa shape index (κ3) is 3.36. The van der Waals surface area contributed by atoms with Crippen LogP contribution in [-0.4, -0.2) is 23.3 Å². The first-order valence-electron chi connectivity index (χ1n) is 4.49. The molecule has 72 valence electrons. The summed E-state index contributed by atoms with van der Waals surface area (Å²) in [6.45, 7) is 4.39. The molecule has 0 aliphatic rings. The quantitative estimate of drug-likeness (QED) is 0.747. The van der Waals surface area contributed by atoms with Crippen molar-refractivity contribution in [1.29, 1.82) is 0 Å². The van der Waals surface area contributed by atoms with Crippen LogP contribution in [0.15, 0.2) is 29.4 Å². The van der Waals surface area contributed by atoms with E-state index < -0.39 is 0 Å². The number of nitrogens with zero attached hydrogens (tertiary/aromatic N) is 1. The molecule has 13 heavy (non-hydrogen) atoms. The van der Waals surface area contributed by atoms with Gasteiger partial charge in [-0.3, -0.25) is 0 Å². The van der Waals surface area contributed by atoms with Crippen molar-refractivity contribution in [2.75, 3.05) is 7.05 Å². The van der Waals surface area contributed by atoms with Gasteiger partial charge in [-0.1, -0.05) is 13.0 Å². The number of hydrogen-bond donors (Lipinski definition) is 1. The van der Waals surface area contributed by atoms with E-state index in [9.17, 15) is 0 Å². The molecule has 2 unspecified atom stereocenters. The first kappa shape index (κ1) is 10.5. The largest absolute Gasteiger partial charge is 0.316 e. The van der Waals surface area contributed by atoms with Gasteiger partial charge in [0.2, 0.25) is 0 Å². The Kier molecular flexibility index (Phi) is 4.25. The Morgan fingerprint density at radius 3 is 2.69 bits per heavy atom. The van der Waals surface area contributed by atoms with Crippen LogP contribution in [0.5, 0.6) is 0 Å². The molecular weight excluding hydrogens is 180 g/mol. The van der Waals surface area contributed by atoms with Crippen molar-refractivity contribution >= 4 is 11.8 Å². The first-order valence-corrected chi connectivity index (χ1v) is 5.37. The standard InChI is InChI=1S/C10H16N2S/c1-8(11-3)9(2)13-10-6-4-5-7-12-10/h4-9,11H,1-3H3. The zero-order valence-corrected chi connectivity index (χ0v) is 9.14. The minimum absolute atomic E-state index is 0.506. The van der Waals surface area contributed by atoms with Gasteiger partial charge in [0.1, 0.15) is 0 Å². The van der Waals surface area contributed by atoms with Gasteiger partial charge in [-0.25, -0.2) is 4.98 Å². The summed E-state index contributed by atoms with van der Waals surface area (Å²) in [4.78, 5) is 4.27. The molecule has 0 amide bonds. The molecule has 0 aromatic carbocycles. The summed E-state index contributed by atoms with van der Waals surface area (Å²) in [6.07, 6.45) is 1.83. The fourth-order valence-corrected chi connectivity index (χ4v) is 1.94. The normalized spacial score (nSPS) is 15.3. The lowest BCUT2D eigenvalue weighted by Crippen LogP contribution is -2.30. The molecule has 0 radical (unpaired) electrons. The Hall–Kier alpha value is -0.540. The number of thioether (sulfide) groups is 1. The summed E-state index contributed by atoms with van der Waals surface area (Å²) in [5, 5.41) is 4.87. The maximum absolute atomic E-state index is 4.27. The molecule has 0 fully saturated rings. The molecular formula is C10H16N2S. The topological polar surface area (TPSA) is 24.9 Å². The second kappa shape index (κ2) is 5.25. The highest BCUT2D eigenvalue weighted by atomic mass is 32.2. The van der Waals surface area contributed by atoms with Gasteiger partial charge >= 0.3 is 0 Å². The fraction of sp³-hybridized carbons (Fsp3) is 0.500. The molecule has 0 aliphatic heterocycles. The predicted molar refractivity (Wildman–Crippen MR) is 58.1 cm³/mol. The Labute approximate surface area is 84.1 Å². The summed E-state index contributed by atoms with van der Waals surface area (Å²) >= 11 is 1.80. The molecule has 1 rings (SSSR count). The summed E-state index contributed by atoms with van der Waals surface area (Å²) in [5.41, 5.74) is 0. The summed E-state index contributed by atoms with van der Waals surface area (Å²) < 4.78 is 0. The van der Waals surface area contributed by atoms with Crippen molar-refractivity contribution in [3.8, 4) is 0 Å². The van der Waals surface area contributed by atoms with Crippen LogP contribution in [-0.2, 0) is 0 Å². The van der Waals surface area contributed by atoms with Crippen molar-refractivity contribution in [3.05, 3.63) is 24.4 Å². The van der Waals surface area contributed by atoms with Crippen LogP contribution >= 0.6 is 11.8 Å². The smallest absolute Gasteiger partial charge is 0.0962 e. The molecule has 1 N–H and O–H groups in total. The lowest BCUT2D eigenvalue weighted by molar-refractivity contribution is 0.605. The molecule has 2 nitrogen and oxygen atoms in total. The molecule has 0 saturated carbocycles. The van der Waals surface area contributed by atoms with Gasteiger partial charge in [0, 0.05) is 17.5 Å². The van der Waals surface area contributed by atoms with Gasteiger partial charge in [-0.05, 0) is 26.1 Å². The fourth-order valence-electron chi connectivity index (χ4n) is 0.944. The number of aromatic nitrogens is 1. The van der Waals surface area contributed by atoms with Crippen molar-refractivity contribution in [3.63, 3.8) is 0 Å². The first-order chi connectivity index (χ1) is 6.24. The van der Waals surface area contributed by atoms with Crippen LogP contribution in [0, 0.1) is 0 Å². The van der Waals surface area contributed by atoms with E-state index in [0.29, 0.717) is 11.3 Å². The third-order valence-electron chi connectivity index (χ3n) is 2.10. The number of nitrogens with one attached hydrogen (secondary N) is 1. The summed E-state index contributed by atoms with van der Waals surface area (Å²) in [7, 11) is 1.99. The number of pyridine rings is 1. The number of hydrogen-bond acceptors (Lipinski definition) is 3. The summed E-state index contributed by atoms with van der Waals surface area (Å²) in [5.74, 6) is 0. The van der Waals surface area contributed by atoms with E-state index >= 15 is 0 Å². The van der Waals surface area contributed by atoms with Crippen LogP contribution in [0.4, 0.5) is 0 Å². The molecule has 0 saturated heterocycles. The van der Waals surface area contributed by atoms with Crippen molar-refractivity contribution < 1.29 is 0 Å². The van der Waals surface area contributed by atoms with E-state index in [1.807, 2.05) is 31.4 Å². The van der Waals surface area contributed by atoms with E-state index in [1.54, 1.807) is 11.8 Å². The molecule has 3 heteroatoms. The van der Waals surface area contributed by atoms with E-state index in [-0.39, 0.29) is 0 Å². The Morgan fingerprint density at radius 2 is 2.15 bits per heavy atom. The highest BCUT2D eigenvalue weighted by Gasteiger charge is 2.11. The van der Waals surface area contributed by atoms with Crippen LogP contribution in [0.3, 0.4) is 0 Å². The lowest BCUT2D eigenvalue weighted by atomic mass is 10.3. The average molecular weight is 196 g/mol. The Bertz CT molecular complexity index is 238. The maximum Gasteiger partial charge on any atom is 0.0962 e. The number of rotatable bonds is 4. The van der Waals surface area contributed by atoms with Crippen LogP contribution < -0.4 is 5.32 Å². The van der Waals surface area contributed by atoms with Crippen molar-refractivity contribution in [1.82, 2.24) is 10.3 Å². The molecule has 1 heterocycles. The third-order valence-corrected chi connectivity index (χ3v) is 3.37. The monoisotopic (exact) mass is 196 g/mol. The van der Waals surface area contributed by atoms with Crippen LogP contribution in [0.1, 0.15) is 13.8 Å². The predicted octanol–water partition coefficient (Wildman–Crippen LogP) is 2.17. The second-order valence-corrected chi connectivity index (χ2v) is 4.47. The van der Waals surface area contributed by atoms with Gasteiger partial charge in [0.15, 0.2) is 0 Å². The van der Waals surface area contributed by atoms with Crippen LogP contribution in [0.2, 0.25) is 0 Å². The van der Waals surface area contributed by atoms with Gasteiger partial charge in [0.25, 0.3) is 0 Å². The molecule has 0 aliphatic carbocycles. The minimum Gasteiger partial charge on any atom is -0.316 e. The van der Waals surface area contributed by atoms with E-state index in [0.717, 1.165) is 5.03 Å². The zero-order valence-electron chi connectivity index (χ0n) is 8.32. The maximum atomic E-state index is 4.27. The zero-order chi connectivity index (χ0) is 9.68. The molecule has 0 spiro atoms. The highest BCUT2D eigenvalue weighted by molar-refractivity contribution is 7.99. The average Bonchev–Trinajstić information content (AvgIpc) is 2.18. The van der Waals surface area contributed by atoms with Gasteiger partial charge in [-0.2, -0.15) is 0 Å². The van der Waals surface area contributed by atoms with Crippen molar-refractivity contribution in [2.24, 2.45) is 0 Å². The molecule has 1 aromatic rings. The molecule has 2 atom stereocenters. The molecule has 0 bridgehead atoms. The van der Waals surface area contributed by atoms with Crippen LogP contribution in [0.25, 0.3) is 0 Å². The summed E-state index contributed by atoms with van der Waals surface area (Å²) in [6, 6.07) is 6.51. The van der Waals surface area contributed by atoms with E-state index in [2.05, 4.69) is 24.1 Å². The van der Waals surface area contributed by atoms with E-state index in [1.165, 1.54) is 0 Å². The SMILES string of the molecule is CNC(C)C(C)Sc1ccccn1. The Morgan fingerprint density at radius 1 is 1.38 bits per heavy atom. The minimum atomic E-state index is 0.506. The van der Waals surface area contributed by atoms with Gasteiger partial charge in [0.05, 0.1) is 5.03 Å². The molecule has 1 aromatic heterocycles. The van der Waals surface area contributed by atoms with Crippen molar-refractivity contribution in [2.45, 2.75) is 30.2 Å².